The Morgan fingerprint density at radius 1 is 1.53 bits per heavy atom. The van der Waals surface area contributed by atoms with Crippen LogP contribution in [-0.4, -0.2) is 16.5 Å². The minimum absolute atomic E-state index is 0.160. The number of anilines is 1. The number of nitrogens with one attached hydrogen (secondary N) is 1. The van der Waals surface area contributed by atoms with E-state index in [4.69, 9.17) is 4.74 Å². The van der Waals surface area contributed by atoms with Gasteiger partial charge in [-0.1, -0.05) is 6.92 Å². The maximum Gasteiger partial charge on any atom is 0.269 e. The van der Waals surface area contributed by atoms with E-state index in [1.165, 1.54) is 0 Å². The molecule has 4 nitrogen and oxygen atoms in total. The molecule has 0 spiro atoms. The average molecular weight is 206 g/mol. The van der Waals surface area contributed by atoms with Crippen molar-refractivity contribution >= 4 is 11.7 Å². The van der Waals surface area contributed by atoms with E-state index in [9.17, 15) is 4.79 Å². The van der Waals surface area contributed by atoms with Gasteiger partial charge in [0.05, 0.1) is 0 Å². The molecule has 1 aliphatic rings. The first kappa shape index (κ1) is 9.96. The van der Waals surface area contributed by atoms with Crippen molar-refractivity contribution in [3.63, 3.8) is 0 Å². The Morgan fingerprint density at radius 3 is 2.93 bits per heavy atom. The molecule has 0 bridgehead atoms. The van der Waals surface area contributed by atoms with E-state index in [-0.39, 0.29) is 5.91 Å². The second-order valence-corrected chi connectivity index (χ2v) is 4.11. The molecule has 4 heteroatoms. The number of carbonyl (C=O) groups excluding carboxylic acids is 1. The Labute approximate surface area is 88.7 Å². The highest BCUT2D eigenvalue weighted by atomic mass is 16.5. The Kier molecular flexibility index (Phi) is 2.14. The lowest BCUT2D eigenvalue weighted by Crippen LogP contribution is -2.46. The molecule has 1 amide bonds. The Morgan fingerprint density at radius 2 is 2.27 bits per heavy atom. The van der Waals surface area contributed by atoms with Gasteiger partial charge in [-0.3, -0.25) is 4.79 Å². The van der Waals surface area contributed by atoms with Crippen molar-refractivity contribution < 1.29 is 9.53 Å². The fourth-order valence-corrected chi connectivity index (χ4v) is 1.43. The molecule has 1 aliphatic heterocycles. The molecule has 0 fully saturated rings. The molecule has 15 heavy (non-hydrogen) atoms. The van der Waals surface area contributed by atoms with Crippen molar-refractivity contribution in [1.29, 1.82) is 0 Å². The molecular weight excluding hydrogens is 192 g/mol. The lowest BCUT2D eigenvalue weighted by molar-refractivity contribution is -0.129. The van der Waals surface area contributed by atoms with Crippen LogP contribution < -0.4 is 10.1 Å². The summed E-state index contributed by atoms with van der Waals surface area (Å²) >= 11 is 0. The molecule has 1 N–H and O–H groups in total. The molecule has 0 aromatic carbocycles. The number of aryl methyl sites for hydroxylation is 1. The van der Waals surface area contributed by atoms with Gasteiger partial charge in [-0.25, -0.2) is 4.98 Å². The summed E-state index contributed by atoms with van der Waals surface area (Å²) in [6, 6.07) is 1.92. The third kappa shape index (κ3) is 1.67. The molecular formula is C11H14N2O2. The zero-order valence-corrected chi connectivity index (χ0v) is 9.13. The molecule has 0 atom stereocenters. The monoisotopic (exact) mass is 206 g/mol. The lowest BCUT2D eigenvalue weighted by atomic mass is 10.1. The van der Waals surface area contributed by atoms with Crippen molar-refractivity contribution in [2.24, 2.45) is 0 Å². The normalized spacial score (nSPS) is 17.7. The molecule has 2 heterocycles. The van der Waals surface area contributed by atoms with Crippen LogP contribution in [0.3, 0.4) is 0 Å². The van der Waals surface area contributed by atoms with Crippen molar-refractivity contribution in [1.82, 2.24) is 4.98 Å². The van der Waals surface area contributed by atoms with Crippen LogP contribution in [-0.2, 0) is 11.2 Å². The van der Waals surface area contributed by atoms with E-state index in [1.807, 2.05) is 6.07 Å². The Hall–Kier alpha value is -1.58. The number of pyridine rings is 1. The third-order valence-corrected chi connectivity index (χ3v) is 2.46. The number of carbonyl (C=O) groups is 1. The number of rotatable bonds is 1. The predicted octanol–water partition coefficient (Wildman–Crippen LogP) is 1.75. The Balaban J connectivity index is 2.42. The number of fused-ring (bicyclic) bond motifs is 1. The molecule has 1 aromatic heterocycles. The lowest BCUT2D eigenvalue weighted by Gasteiger charge is -2.30. The Bertz CT molecular complexity index is 413. The summed E-state index contributed by atoms with van der Waals surface area (Å²) in [5.74, 6) is 1.00. The third-order valence-electron chi connectivity index (χ3n) is 2.46. The number of hydrogen-bond donors (Lipinski definition) is 1. The van der Waals surface area contributed by atoms with Gasteiger partial charge < -0.3 is 10.1 Å². The minimum atomic E-state index is -0.818. The SMILES string of the molecule is CCc1cnc2c(c1)OC(C)(C)C(=O)N2. The summed E-state index contributed by atoms with van der Waals surface area (Å²) in [5.41, 5.74) is 0.279. The molecule has 0 unspecified atom stereocenters. The van der Waals surface area contributed by atoms with Crippen molar-refractivity contribution in [2.75, 3.05) is 5.32 Å². The second kappa shape index (κ2) is 3.22. The zero-order chi connectivity index (χ0) is 11.1. The summed E-state index contributed by atoms with van der Waals surface area (Å²) < 4.78 is 5.60. The first-order valence-corrected chi connectivity index (χ1v) is 5.02. The molecule has 1 aromatic rings. The molecule has 2 rings (SSSR count). The van der Waals surface area contributed by atoms with Gasteiger partial charge in [-0.2, -0.15) is 0 Å². The fraction of sp³-hybridized carbons (Fsp3) is 0.455. The number of nitrogens with zero attached hydrogens (tertiary/aromatic N) is 1. The van der Waals surface area contributed by atoms with E-state index >= 15 is 0 Å². The summed E-state index contributed by atoms with van der Waals surface area (Å²) in [7, 11) is 0. The van der Waals surface area contributed by atoms with E-state index in [1.54, 1.807) is 20.0 Å². The fourth-order valence-electron chi connectivity index (χ4n) is 1.43. The van der Waals surface area contributed by atoms with Crippen molar-refractivity contribution in [2.45, 2.75) is 32.8 Å². The maximum absolute atomic E-state index is 11.6. The quantitative estimate of drug-likeness (QED) is 0.761. The molecule has 0 radical (unpaired) electrons. The number of ether oxygens (including phenoxy) is 1. The summed E-state index contributed by atoms with van der Waals surface area (Å²) in [6.45, 7) is 5.53. The van der Waals surface area contributed by atoms with Crippen LogP contribution in [0.4, 0.5) is 5.82 Å². The number of amides is 1. The first-order valence-electron chi connectivity index (χ1n) is 5.02. The highest BCUT2D eigenvalue weighted by Crippen LogP contribution is 2.32. The van der Waals surface area contributed by atoms with E-state index in [2.05, 4.69) is 17.2 Å². The highest BCUT2D eigenvalue weighted by molar-refractivity contribution is 5.99. The maximum atomic E-state index is 11.6. The van der Waals surface area contributed by atoms with Crippen LogP contribution in [0.15, 0.2) is 12.3 Å². The standard InChI is InChI=1S/C11H14N2O2/c1-4-7-5-8-9(12-6-7)13-10(14)11(2,3)15-8/h5-6H,4H2,1-3H3,(H,12,13,14). The first-order chi connectivity index (χ1) is 7.03. The van der Waals surface area contributed by atoms with Crippen LogP contribution in [0.25, 0.3) is 0 Å². The molecule has 0 saturated heterocycles. The largest absolute Gasteiger partial charge is 0.474 e. The average Bonchev–Trinajstić information content (AvgIpc) is 2.18. The van der Waals surface area contributed by atoms with Crippen LogP contribution >= 0.6 is 0 Å². The van der Waals surface area contributed by atoms with Gasteiger partial charge in [0, 0.05) is 6.20 Å². The van der Waals surface area contributed by atoms with Gasteiger partial charge in [-0.05, 0) is 31.9 Å². The van der Waals surface area contributed by atoms with Gasteiger partial charge in [0.1, 0.15) is 0 Å². The topological polar surface area (TPSA) is 51.2 Å². The van der Waals surface area contributed by atoms with Crippen LogP contribution in [0.2, 0.25) is 0 Å². The van der Waals surface area contributed by atoms with Gasteiger partial charge in [0.15, 0.2) is 17.2 Å². The van der Waals surface area contributed by atoms with Crippen LogP contribution in [0.1, 0.15) is 26.3 Å². The van der Waals surface area contributed by atoms with Crippen LogP contribution in [0, 0.1) is 0 Å². The van der Waals surface area contributed by atoms with Gasteiger partial charge in [-0.15, -0.1) is 0 Å². The van der Waals surface area contributed by atoms with E-state index in [0.717, 1.165) is 12.0 Å². The van der Waals surface area contributed by atoms with Gasteiger partial charge in [0.2, 0.25) is 0 Å². The molecule has 0 aliphatic carbocycles. The van der Waals surface area contributed by atoms with Crippen molar-refractivity contribution in [3.05, 3.63) is 17.8 Å². The smallest absolute Gasteiger partial charge is 0.269 e. The number of aromatic nitrogens is 1. The van der Waals surface area contributed by atoms with Crippen molar-refractivity contribution in [3.8, 4) is 5.75 Å². The molecule has 80 valence electrons. The summed E-state index contributed by atoms with van der Waals surface area (Å²) in [4.78, 5) is 15.7. The highest BCUT2D eigenvalue weighted by Gasteiger charge is 2.35. The van der Waals surface area contributed by atoms with E-state index in [0.29, 0.717) is 11.6 Å². The summed E-state index contributed by atoms with van der Waals surface area (Å²) in [5, 5.41) is 2.73. The second-order valence-electron chi connectivity index (χ2n) is 4.11. The summed E-state index contributed by atoms with van der Waals surface area (Å²) in [6.07, 6.45) is 2.65. The van der Waals surface area contributed by atoms with Gasteiger partial charge in [0.25, 0.3) is 5.91 Å². The van der Waals surface area contributed by atoms with Gasteiger partial charge >= 0.3 is 0 Å². The molecule has 0 saturated carbocycles. The van der Waals surface area contributed by atoms with E-state index < -0.39 is 5.60 Å². The predicted molar refractivity (Wildman–Crippen MR) is 57.0 cm³/mol. The van der Waals surface area contributed by atoms with Crippen LogP contribution in [0.5, 0.6) is 5.75 Å². The minimum Gasteiger partial charge on any atom is -0.474 e. The zero-order valence-electron chi connectivity index (χ0n) is 9.13. The number of hydrogen-bond acceptors (Lipinski definition) is 3.